The quantitative estimate of drug-likeness (QED) is 0.852. The molecule has 0 fully saturated rings. The first-order valence-electron chi connectivity index (χ1n) is 5.15. The predicted molar refractivity (Wildman–Crippen MR) is 59.9 cm³/mol. The summed E-state index contributed by atoms with van der Waals surface area (Å²) >= 11 is 0. The largest absolute Gasteiger partial charge is 0.446 e. The van der Waals surface area contributed by atoms with Crippen LogP contribution in [0.25, 0.3) is 10.9 Å². The summed E-state index contributed by atoms with van der Waals surface area (Å²) in [7, 11) is 0. The molecule has 0 saturated heterocycles. The number of H-pyrrole nitrogens is 1. The van der Waals surface area contributed by atoms with Crippen LogP contribution in [0.2, 0.25) is 0 Å². The van der Waals surface area contributed by atoms with Crippen molar-refractivity contribution >= 4 is 17.0 Å². The van der Waals surface area contributed by atoms with E-state index in [1.165, 1.54) is 0 Å². The molecular formula is C11H12FN3O2. The fourth-order valence-electron chi connectivity index (χ4n) is 1.82. The Balaban J connectivity index is 2.29. The Kier molecular flexibility index (Phi) is 2.95. The third kappa shape index (κ3) is 2.35. The van der Waals surface area contributed by atoms with Crippen LogP contribution in [0.3, 0.4) is 0 Å². The van der Waals surface area contributed by atoms with Crippen LogP contribution >= 0.6 is 0 Å². The van der Waals surface area contributed by atoms with Gasteiger partial charge in [-0.15, -0.1) is 5.10 Å². The average molecular weight is 237 g/mol. The van der Waals surface area contributed by atoms with Crippen molar-refractivity contribution in [2.75, 3.05) is 0 Å². The Hall–Kier alpha value is -2.11. The minimum Gasteiger partial charge on any atom is -0.446 e. The average Bonchev–Trinajstić information content (AvgIpc) is 2.60. The number of aromatic nitrogens is 2. The van der Waals surface area contributed by atoms with Gasteiger partial charge in [-0.1, -0.05) is 12.1 Å². The second kappa shape index (κ2) is 4.40. The lowest BCUT2D eigenvalue weighted by molar-refractivity contribution is 0.116. The fraction of sp³-hybridized carbons (Fsp3) is 0.273. The van der Waals surface area contributed by atoms with Gasteiger partial charge >= 0.3 is 6.09 Å². The van der Waals surface area contributed by atoms with Crippen molar-refractivity contribution in [2.24, 2.45) is 5.73 Å². The third-order valence-corrected chi connectivity index (χ3v) is 2.46. The number of rotatable bonds is 3. The molecule has 1 atom stereocenters. The second-order valence-corrected chi connectivity index (χ2v) is 3.81. The molecule has 0 aliphatic carbocycles. The molecule has 2 aromatic rings. The van der Waals surface area contributed by atoms with Crippen LogP contribution < -0.4 is 5.73 Å². The number of halogens is 1. The number of amides is 1. The molecule has 3 N–H and O–H groups in total. The number of benzene rings is 1. The highest BCUT2D eigenvalue weighted by atomic mass is 19.1. The van der Waals surface area contributed by atoms with E-state index in [9.17, 15) is 9.18 Å². The van der Waals surface area contributed by atoms with Crippen molar-refractivity contribution in [3.63, 3.8) is 0 Å². The highest BCUT2D eigenvalue weighted by molar-refractivity contribution is 5.82. The lowest BCUT2D eigenvalue weighted by atomic mass is 10.0. The van der Waals surface area contributed by atoms with Crippen molar-refractivity contribution in [1.29, 1.82) is 0 Å². The molecule has 2 rings (SSSR count). The number of hydrogen-bond acceptors (Lipinski definition) is 3. The maximum atomic E-state index is 13.4. The summed E-state index contributed by atoms with van der Waals surface area (Å²) in [5.74, 6) is -0.554. The summed E-state index contributed by atoms with van der Waals surface area (Å²) in [6, 6.07) is 5.28. The van der Waals surface area contributed by atoms with E-state index >= 15 is 0 Å². The Morgan fingerprint density at radius 1 is 1.65 bits per heavy atom. The van der Waals surface area contributed by atoms with Gasteiger partial charge in [-0.25, -0.2) is 4.79 Å². The molecule has 0 aliphatic heterocycles. The second-order valence-electron chi connectivity index (χ2n) is 3.81. The molecule has 1 unspecified atom stereocenters. The third-order valence-electron chi connectivity index (χ3n) is 2.46. The first-order valence-corrected chi connectivity index (χ1v) is 5.15. The first-order chi connectivity index (χ1) is 8.08. The van der Waals surface area contributed by atoms with Gasteiger partial charge < -0.3 is 10.5 Å². The molecule has 90 valence electrons. The maximum Gasteiger partial charge on any atom is 0.404 e. The van der Waals surface area contributed by atoms with E-state index in [0.29, 0.717) is 17.3 Å². The lowest BCUT2D eigenvalue weighted by Gasteiger charge is -2.11. The van der Waals surface area contributed by atoms with E-state index in [2.05, 4.69) is 10.2 Å². The number of primary amides is 1. The number of nitrogens with one attached hydrogen (secondary N) is 1. The molecule has 0 radical (unpaired) electrons. The number of nitrogens with zero attached hydrogens (tertiary/aromatic N) is 1. The molecule has 1 aromatic heterocycles. The number of aromatic amines is 1. The molecule has 17 heavy (non-hydrogen) atoms. The standard InChI is InChI=1S/C11H12FN3O2/c1-6(17-11(13)16)5-7-3-2-4-8-9(7)10(12)15-14-8/h2-4,6H,5H2,1H3,(H2,13,16)(H,14,15). The van der Waals surface area contributed by atoms with Crippen LogP contribution in [0.15, 0.2) is 18.2 Å². The van der Waals surface area contributed by atoms with E-state index in [4.69, 9.17) is 10.5 Å². The van der Waals surface area contributed by atoms with Crippen LogP contribution in [0, 0.1) is 5.95 Å². The summed E-state index contributed by atoms with van der Waals surface area (Å²) in [6.07, 6.45) is -0.860. The summed E-state index contributed by atoms with van der Waals surface area (Å²) in [5, 5.41) is 6.51. The minimum atomic E-state index is -0.836. The first kappa shape index (κ1) is 11.4. The van der Waals surface area contributed by atoms with Gasteiger partial charge in [0.05, 0.1) is 10.9 Å². The zero-order valence-corrected chi connectivity index (χ0v) is 9.24. The fourth-order valence-corrected chi connectivity index (χ4v) is 1.82. The van der Waals surface area contributed by atoms with E-state index in [0.717, 1.165) is 5.56 Å². The Labute approximate surface area is 96.8 Å². The van der Waals surface area contributed by atoms with Crippen LogP contribution in [0.1, 0.15) is 12.5 Å². The summed E-state index contributed by atoms with van der Waals surface area (Å²) < 4.78 is 18.3. The van der Waals surface area contributed by atoms with Crippen molar-refractivity contribution in [1.82, 2.24) is 10.2 Å². The van der Waals surface area contributed by atoms with Gasteiger partial charge in [0.25, 0.3) is 0 Å². The van der Waals surface area contributed by atoms with Crippen molar-refractivity contribution in [2.45, 2.75) is 19.4 Å². The van der Waals surface area contributed by atoms with Crippen molar-refractivity contribution < 1.29 is 13.9 Å². The summed E-state index contributed by atoms with van der Waals surface area (Å²) in [6.45, 7) is 1.70. The van der Waals surface area contributed by atoms with Crippen molar-refractivity contribution in [3.05, 3.63) is 29.7 Å². The summed E-state index contributed by atoms with van der Waals surface area (Å²) in [4.78, 5) is 10.6. The Morgan fingerprint density at radius 3 is 3.12 bits per heavy atom. The van der Waals surface area contributed by atoms with Gasteiger partial charge in [0.1, 0.15) is 6.10 Å². The lowest BCUT2D eigenvalue weighted by Crippen LogP contribution is -2.22. The molecule has 0 saturated carbocycles. The molecule has 6 heteroatoms. The molecule has 1 heterocycles. The molecule has 0 aliphatic rings. The number of carbonyl (C=O) groups excluding carboxylic acids is 1. The number of nitrogens with two attached hydrogens (primary N) is 1. The minimum absolute atomic E-state index is 0.386. The van der Waals surface area contributed by atoms with Gasteiger partial charge in [-0.05, 0) is 18.6 Å². The van der Waals surface area contributed by atoms with Crippen LogP contribution in [-0.4, -0.2) is 22.4 Å². The van der Waals surface area contributed by atoms with Crippen LogP contribution in [0.4, 0.5) is 9.18 Å². The monoisotopic (exact) mass is 237 g/mol. The number of fused-ring (bicyclic) bond motifs is 1. The molecule has 0 spiro atoms. The highest BCUT2D eigenvalue weighted by Gasteiger charge is 2.13. The van der Waals surface area contributed by atoms with Gasteiger partial charge in [-0.2, -0.15) is 4.39 Å². The summed E-state index contributed by atoms with van der Waals surface area (Å²) in [5.41, 5.74) is 6.26. The van der Waals surface area contributed by atoms with Gasteiger partial charge in [0.15, 0.2) is 0 Å². The number of hydrogen-bond donors (Lipinski definition) is 2. The van der Waals surface area contributed by atoms with Crippen LogP contribution in [-0.2, 0) is 11.2 Å². The highest BCUT2D eigenvalue weighted by Crippen LogP contribution is 2.21. The van der Waals surface area contributed by atoms with Gasteiger partial charge in [0, 0.05) is 6.42 Å². The predicted octanol–water partition coefficient (Wildman–Crippen LogP) is 1.73. The normalized spacial score (nSPS) is 12.6. The molecule has 1 aromatic carbocycles. The van der Waals surface area contributed by atoms with E-state index in [1.807, 2.05) is 0 Å². The number of carbonyl (C=O) groups is 1. The number of ether oxygens (including phenoxy) is 1. The van der Waals surface area contributed by atoms with E-state index in [1.54, 1.807) is 25.1 Å². The Morgan fingerprint density at radius 2 is 2.41 bits per heavy atom. The van der Waals surface area contributed by atoms with Gasteiger partial charge in [-0.3, -0.25) is 5.10 Å². The van der Waals surface area contributed by atoms with E-state index < -0.39 is 18.1 Å². The molecular weight excluding hydrogens is 225 g/mol. The zero-order chi connectivity index (χ0) is 12.4. The van der Waals surface area contributed by atoms with Crippen molar-refractivity contribution in [3.8, 4) is 0 Å². The molecule has 5 nitrogen and oxygen atoms in total. The maximum absolute atomic E-state index is 13.4. The SMILES string of the molecule is CC(Cc1cccc2[nH]nc(F)c12)OC(N)=O. The topological polar surface area (TPSA) is 81.0 Å². The van der Waals surface area contributed by atoms with Crippen LogP contribution in [0.5, 0.6) is 0 Å². The van der Waals surface area contributed by atoms with E-state index in [-0.39, 0.29) is 0 Å². The van der Waals surface area contributed by atoms with Gasteiger partial charge in [0.2, 0.25) is 5.95 Å². The zero-order valence-electron chi connectivity index (χ0n) is 9.24. The molecule has 0 bridgehead atoms. The Bertz CT molecular complexity index is 553. The smallest absolute Gasteiger partial charge is 0.404 e. The molecule has 1 amide bonds.